The first kappa shape index (κ1) is 14.9. The van der Waals surface area contributed by atoms with Crippen LogP contribution in [0.1, 0.15) is 20.8 Å². The average Bonchev–Trinajstić information content (AvgIpc) is 2.39. The number of anilines is 1. The number of urea groups is 1. The van der Waals surface area contributed by atoms with Gasteiger partial charge in [-0.1, -0.05) is 39.0 Å². The summed E-state index contributed by atoms with van der Waals surface area (Å²) in [5.74, 6) is 0. The standard InChI is InChI=1S/C16H25N3O/c1-16(2,3)13-18-9-11-19(12-10-18)15(20)17-14-7-5-4-6-8-14/h4-8H,9-13H2,1-3H3,(H,17,20). The first-order valence-corrected chi connectivity index (χ1v) is 7.27. The van der Waals surface area contributed by atoms with Gasteiger partial charge in [0.05, 0.1) is 0 Å². The van der Waals surface area contributed by atoms with E-state index in [0.717, 1.165) is 38.4 Å². The number of rotatable bonds is 2. The van der Waals surface area contributed by atoms with E-state index in [9.17, 15) is 4.79 Å². The van der Waals surface area contributed by atoms with Gasteiger partial charge in [0.25, 0.3) is 0 Å². The number of benzene rings is 1. The molecule has 4 heteroatoms. The summed E-state index contributed by atoms with van der Waals surface area (Å²) in [5.41, 5.74) is 1.17. The Morgan fingerprint density at radius 1 is 1.10 bits per heavy atom. The zero-order chi connectivity index (χ0) is 14.6. The number of carbonyl (C=O) groups is 1. The monoisotopic (exact) mass is 275 g/mol. The van der Waals surface area contributed by atoms with Crippen LogP contribution >= 0.6 is 0 Å². The fraction of sp³-hybridized carbons (Fsp3) is 0.562. The number of nitrogens with zero attached hydrogens (tertiary/aromatic N) is 2. The molecule has 0 aliphatic carbocycles. The molecule has 1 saturated heterocycles. The van der Waals surface area contributed by atoms with Crippen molar-refractivity contribution in [3.63, 3.8) is 0 Å². The number of carbonyl (C=O) groups excluding carboxylic acids is 1. The van der Waals surface area contributed by atoms with Gasteiger partial charge in [-0.15, -0.1) is 0 Å². The van der Waals surface area contributed by atoms with Crippen LogP contribution in [-0.4, -0.2) is 48.6 Å². The summed E-state index contributed by atoms with van der Waals surface area (Å²) in [4.78, 5) is 16.5. The molecule has 110 valence electrons. The van der Waals surface area contributed by atoms with Gasteiger partial charge in [0, 0.05) is 38.4 Å². The molecule has 20 heavy (non-hydrogen) atoms. The first-order valence-electron chi connectivity index (χ1n) is 7.27. The Hall–Kier alpha value is -1.55. The van der Waals surface area contributed by atoms with E-state index in [1.54, 1.807) is 0 Å². The van der Waals surface area contributed by atoms with E-state index >= 15 is 0 Å². The third kappa shape index (κ3) is 4.53. The van der Waals surface area contributed by atoms with Gasteiger partial charge in [0.1, 0.15) is 0 Å². The van der Waals surface area contributed by atoms with Crippen molar-refractivity contribution in [1.29, 1.82) is 0 Å². The highest BCUT2D eigenvalue weighted by Crippen LogP contribution is 2.16. The van der Waals surface area contributed by atoms with Crippen molar-refractivity contribution in [3.8, 4) is 0 Å². The van der Waals surface area contributed by atoms with Crippen LogP contribution in [0.2, 0.25) is 0 Å². The molecule has 0 saturated carbocycles. The second-order valence-electron chi connectivity index (χ2n) is 6.62. The number of para-hydroxylation sites is 1. The topological polar surface area (TPSA) is 35.6 Å². The van der Waals surface area contributed by atoms with Crippen molar-refractivity contribution in [2.45, 2.75) is 20.8 Å². The largest absolute Gasteiger partial charge is 0.322 e. The fourth-order valence-electron chi connectivity index (χ4n) is 2.50. The molecular formula is C16H25N3O. The second-order valence-corrected chi connectivity index (χ2v) is 6.62. The molecule has 2 amide bonds. The lowest BCUT2D eigenvalue weighted by Gasteiger charge is -2.37. The SMILES string of the molecule is CC(C)(C)CN1CCN(C(=O)Nc2ccccc2)CC1. The number of hydrogen-bond acceptors (Lipinski definition) is 2. The van der Waals surface area contributed by atoms with Gasteiger partial charge < -0.3 is 10.2 Å². The molecule has 0 unspecified atom stereocenters. The van der Waals surface area contributed by atoms with E-state index in [2.05, 4.69) is 31.0 Å². The zero-order valence-corrected chi connectivity index (χ0v) is 12.7. The maximum Gasteiger partial charge on any atom is 0.321 e. The summed E-state index contributed by atoms with van der Waals surface area (Å²) in [6.45, 7) is 11.4. The quantitative estimate of drug-likeness (QED) is 0.901. The molecule has 0 bridgehead atoms. The maximum absolute atomic E-state index is 12.2. The predicted molar refractivity (Wildman–Crippen MR) is 82.9 cm³/mol. The average molecular weight is 275 g/mol. The molecule has 1 N–H and O–H groups in total. The van der Waals surface area contributed by atoms with Crippen molar-refractivity contribution in [2.75, 3.05) is 38.0 Å². The fourth-order valence-corrected chi connectivity index (χ4v) is 2.50. The molecule has 0 radical (unpaired) electrons. The molecule has 1 aromatic rings. The minimum Gasteiger partial charge on any atom is -0.322 e. The van der Waals surface area contributed by atoms with Gasteiger partial charge in [-0.2, -0.15) is 0 Å². The first-order chi connectivity index (χ1) is 9.44. The number of nitrogens with one attached hydrogen (secondary N) is 1. The lowest BCUT2D eigenvalue weighted by atomic mass is 9.96. The molecule has 1 heterocycles. The summed E-state index contributed by atoms with van der Waals surface area (Å²) in [5, 5.41) is 2.94. The highest BCUT2D eigenvalue weighted by Gasteiger charge is 2.23. The third-order valence-corrected chi connectivity index (χ3v) is 3.38. The van der Waals surface area contributed by atoms with Gasteiger partial charge in [-0.05, 0) is 17.5 Å². The Morgan fingerprint density at radius 3 is 2.25 bits per heavy atom. The number of amides is 2. The molecule has 1 aliphatic rings. The summed E-state index contributed by atoms with van der Waals surface area (Å²) >= 11 is 0. The van der Waals surface area contributed by atoms with E-state index in [1.165, 1.54) is 0 Å². The van der Waals surface area contributed by atoms with Crippen LogP contribution in [0.4, 0.5) is 10.5 Å². The molecule has 0 spiro atoms. The van der Waals surface area contributed by atoms with Crippen molar-refractivity contribution >= 4 is 11.7 Å². The summed E-state index contributed by atoms with van der Waals surface area (Å²) < 4.78 is 0. The van der Waals surface area contributed by atoms with Crippen LogP contribution in [0, 0.1) is 5.41 Å². The Labute approximate surface area is 121 Å². The van der Waals surface area contributed by atoms with E-state index in [0.29, 0.717) is 5.41 Å². The summed E-state index contributed by atoms with van der Waals surface area (Å²) in [6.07, 6.45) is 0. The van der Waals surface area contributed by atoms with E-state index in [1.807, 2.05) is 35.2 Å². The Balaban J connectivity index is 1.80. The molecule has 1 fully saturated rings. The maximum atomic E-state index is 12.2. The van der Waals surface area contributed by atoms with Crippen molar-refractivity contribution < 1.29 is 4.79 Å². The Kier molecular flexibility index (Phi) is 4.65. The van der Waals surface area contributed by atoms with Crippen LogP contribution in [0.3, 0.4) is 0 Å². The lowest BCUT2D eigenvalue weighted by Crippen LogP contribution is -2.51. The molecule has 4 nitrogen and oxygen atoms in total. The van der Waals surface area contributed by atoms with E-state index < -0.39 is 0 Å². The number of piperazine rings is 1. The molecular weight excluding hydrogens is 250 g/mol. The van der Waals surface area contributed by atoms with Crippen LogP contribution in [0.25, 0.3) is 0 Å². The van der Waals surface area contributed by atoms with Crippen LogP contribution in [-0.2, 0) is 0 Å². The Bertz CT molecular complexity index is 431. The normalized spacial score (nSPS) is 17.1. The highest BCUT2D eigenvalue weighted by molar-refractivity contribution is 5.89. The van der Waals surface area contributed by atoms with Gasteiger partial charge in [-0.3, -0.25) is 4.90 Å². The minimum absolute atomic E-state index is 0.00612. The van der Waals surface area contributed by atoms with Crippen LogP contribution in [0.15, 0.2) is 30.3 Å². The summed E-state index contributed by atoms with van der Waals surface area (Å²) in [6, 6.07) is 9.63. The summed E-state index contributed by atoms with van der Waals surface area (Å²) in [7, 11) is 0. The predicted octanol–water partition coefficient (Wildman–Crippen LogP) is 2.88. The van der Waals surface area contributed by atoms with Crippen LogP contribution < -0.4 is 5.32 Å². The van der Waals surface area contributed by atoms with Gasteiger partial charge in [0.2, 0.25) is 0 Å². The highest BCUT2D eigenvalue weighted by atomic mass is 16.2. The Morgan fingerprint density at radius 2 is 1.70 bits per heavy atom. The van der Waals surface area contributed by atoms with Gasteiger partial charge in [-0.25, -0.2) is 4.79 Å². The molecule has 0 atom stereocenters. The zero-order valence-electron chi connectivity index (χ0n) is 12.7. The molecule has 2 rings (SSSR count). The van der Waals surface area contributed by atoms with E-state index in [4.69, 9.17) is 0 Å². The molecule has 1 aliphatic heterocycles. The minimum atomic E-state index is 0.00612. The van der Waals surface area contributed by atoms with Crippen molar-refractivity contribution in [2.24, 2.45) is 5.41 Å². The smallest absolute Gasteiger partial charge is 0.321 e. The van der Waals surface area contributed by atoms with Crippen molar-refractivity contribution in [1.82, 2.24) is 9.80 Å². The van der Waals surface area contributed by atoms with Gasteiger partial charge >= 0.3 is 6.03 Å². The molecule has 0 aromatic heterocycles. The lowest BCUT2D eigenvalue weighted by molar-refractivity contribution is 0.118. The second kappa shape index (κ2) is 6.27. The van der Waals surface area contributed by atoms with Gasteiger partial charge in [0.15, 0.2) is 0 Å². The van der Waals surface area contributed by atoms with E-state index in [-0.39, 0.29) is 6.03 Å². The number of hydrogen-bond donors (Lipinski definition) is 1. The third-order valence-electron chi connectivity index (χ3n) is 3.38. The van der Waals surface area contributed by atoms with Crippen molar-refractivity contribution in [3.05, 3.63) is 30.3 Å². The molecule has 1 aromatic carbocycles. The van der Waals surface area contributed by atoms with Crippen LogP contribution in [0.5, 0.6) is 0 Å².